The Labute approximate surface area is 206 Å². The average Bonchev–Trinajstić information content (AvgIpc) is 3.21. The van der Waals surface area contributed by atoms with E-state index < -0.39 is 23.9 Å². The number of aryl methyl sites for hydroxylation is 1. The fraction of sp³-hybridized carbons (Fsp3) is 0.280. The summed E-state index contributed by atoms with van der Waals surface area (Å²) < 4.78 is 29.9. The Balaban J connectivity index is 1.52. The summed E-state index contributed by atoms with van der Waals surface area (Å²) in [5, 5.41) is 6.90. The van der Waals surface area contributed by atoms with Crippen LogP contribution in [0, 0.1) is 24.6 Å². The summed E-state index contributed by atoms with van der Waals surface area (Å²) in [6.07, 6.45) is 1.65. The monoisotopic (exact) mass is 497 g/mol. The minimum absolute atomic E-state index is 0.0141. The Morgan fingerprint density at radius 1 is 1.23 bits per heavy atom. The molecule has 1 aliphatic heterocycles. The zero-order chi connectivity index (χ0) is 25.1. The molecule has 0 spiro atoms. The lowest BCUT2D eigenvalue weighted by atomic mass is 10.0. The van der Waals surface area contributed by atoms with E-state index in [1.807, 2.05) is 0 Å². The smallest absolute Gasteiger partial charge is 0.276 e. The van der Waals surface area contributed by atoms with E-state index in [4.69, 9.17) is 11.6 Å². The number of nitrogens with zero attached hydrogens (tertiary/aromatic N) is 4. The predicted molar refractivity (Wildman–Crippen MR) is 127 cm³/mol. The number of carbonyl (C=O) groups excluding carboxylic acids is 2. The Bertz CT molecular complexity index is 1350. The van der Waals surface area contributed by atoms with E-state index in [9.17, 15) is 18.4 Å². The minimum Gasteiger partial charge on any atom is -0.340 e. The summed E-state index contributed by atoms with van der Waals surface area (Å²) in [5.74, 6) is 4.69. The van der Waals surface area contributed by atoms with Gasteiger partial charge in [-0.2, -0.15) is 5.10 Å². The van der Waals surface area contributed by atoms with Gasteiger partial charge < -0.3 is 10.2 Å². The number of halogens is 3. The van der Waals surface area contributed by atoms with Gasteiger partial charge in [0, 0.05) is 25.2 Å². The second-order valence-corrected chi connectivity index (χ2v) is 8.60. The van der Waals surface area contributed by atoms with Gasteiger partial charge in [-0.15, -0.1) is 0 Å². The van der Waals surface area contributed by atoms with Crippen LogP contribution in [-0.2, 0) is 4.79 Å². The maximum atomic E-state index is 14.9. The van der Waals surface area contributed by atoms with Crippen LogP contribution in [0.5, 0.6) is 0 Å². The summed E-state index contributed by atoms with van der Waals surface area (Å²) in [4.78, 5) is 30.3. The first kappa shape index (κ1) is 24.4. The summed E-state index contributed by atoms with van der Waals surface area (Å²) in [5.41, 5.74) is 1.45. The number of hydrogen-bond acceptors (Lipinski definition) is 4. The number of amides is 2. The Kier molecular flexibility index (Phi) is 7.12. The number of anilines is 1. The van der Waals surface area contributed by atoms with E-state index in [2.05, 4.69) is 27.2 Å². The summed E-state index contributed by atoms with van der Waals surface area (Å²) >= 11 is 6.23. The molecule has 180 valence electrons. The van der Waals surface area contributed by atoms with Crippen molar-refractivity contribution < 1.29 is 18.4 Å². The first-order valence-corrected chi connectivity index (χ1v) is 11.3. The number of nitrogens with one attached hydrogen (secondary N) is 1. The molecule has 3 heterocycles. The van der Waals surface area contributed by atoms with Crippen molar-refractivity contribution in [1.29, 1.82) is 0 Å². The molecule has 0 aliphatic carbocycles. The van der Waals surface area contributed by atoms with Crippen LogP contribution in [0.2, 0.25) is 5.02 Å². The van der Waals surface area contributed by atoms with E-state index in [1.165, 1.54) is 35.0 Å². The lowest BCUT2D eigenvalue weighted by Crippen LogP contribution is -2.45. The number of piperidine rings is 1. The van der Waals surface area contributed by atoms with Crippen molar-refractivity contribution in [1.82, 2.24) is 19.7 Å². The highest BCUT2D eigenvalue weighted by molar-refractivity contribution is 6.34. The maximum absolute atomic E-state index is 14.9. The van der Waals surface area contributed by atoms with Gasteiger partial charge in [0.25, 0.3) is 5.91 Å². The molecule has 1 fully saturated rings. The molecule has 1 saturated heterocycles. The second-order valence-electron chi connectivity index (χ2n) is 8.20. The van der Waals surface area contributed by atoms with Gasteiger partial charge in [0.05, 0.1) is 29.4 Å². The third-order valence-electron chi connectivity index (χ3n) is 5.76. The third-order valence-corrected chi connectivity index (χ3v) is 6.03. The predicted octanol–water partition coefficient (Wildman–Crippen LogP) is 4.16. The van der Waals surface area contributed by atoms with Crippen LogP contribution < -0.4 is 5.32 Å². The molecule has 10 heteroatoms. The van der Waals surface area contributed by atoms with Crippen LogP contribution >= 0.6 is 11.6 Å². The van der Waals surface area contributed by atoms with Crippen molar-refractivity contribution in [2.45, 2.75) is 32.5 Å². The molecule has 35 heavy (non-hydrogen) atoms. The number of rotatable bonds is 3. The van der Waals surface area contributed by atoms with Crippen molar-refractivity contribution in [3.05, 3.63) is 75.9 Å². The molecule has 4 rings (SSSR count). The number of aromatic nitrogens is 3. The first-order valence-electron chi connectivity index (χ1n) is 10.9. The van der Waals surface area contributed by atoms with Crippen LogP contribution in [0.25, 0.3) is 0 Å². The molecular formula is C25H22ClF2N5O2. The summed E-state index contributed by atoms with van der Waals surface area (Å²) in [7, 11) is 0. The molecule has 1 aromatic carbocycles. The maximum Gasteiger partial charge on any atom is 0.276 e. The Hall–Kier alpha value is -3.77. The van der Waals surface area contributed by atoms with Gasteiger partial charge in [0.15, 0.2) is 0 Å². The molecule has 0 bridgehead atoms. The third kappa shape index (κ3) is 5.33. The molecule has 3 aromatic rings. The van der Waals surface area contributed by atoms with Gasteiger partial charge >= 0.3 is 0 Å². The van der Waals surface area contributed by atoms with Crippen LogP contribution in [0.3, 0.4) is 0 Å². The molecule has 1 aliphatic rings. The van der Waals surface area contributed by atoms with Crippen molar-refractivity contribution >= 4 is 29.2 Å². The van der Waals surface area contributed by atoms with E-state index in [0.29, 0.717) is 24.1 Å². The average molecular weight is 498 g/mol. The van der Waals surface area contributed by atoms with E-state index in [0.717, 1.165) is 0 Å². The Morgan fingerprint density at radius 2 is 2.00 bits per heavy atom. The number of pyridine rings is 1. The van der Waals surface area contributed by atoms with Gasteiger partial charge in [0.1, 0.15) is 23.5 Å². The normalized spacial score (nSPS) is 17.5. The number of alkyl halides is 1. The highest BCUT2D eigenvalue weighted by atomic mass is 35.5. The van der Waals surface area contributed by atoms with Gasteiger partial charge in [-0.1, -0.05) is 35.6 Å². The molecule has 2 atom stereocenters. The summed E-state index contributed by atoms with van der Waals surface area (Å²) in [6, 6.07) is 7.18. The zero-order valence-electron chi connectivity index (χ0n) is 19.1. The van der Waals surface area contributed by atoms with Gasteiger partial charge in [0.2, 0.25) is 5.91 Å². The minimum atomic E-state index is -1.40. The van der Waals surface area contributed by atoms with Crippen molar-refractivity contribution in [3.63, 3.8) is 0 Å². The Morgan fingerprint density at radius 3 is 2.69 bits per heavy atom. The van der Waals surface area contributed by atoms with E-state index in [1.54, 1.807) is 31.2 Å². The topological polar surface area (TPSA) is 80.1 Å². The molecule has 7 nitrogen and oxygen atoms in total. The molecule has 1 unspecified atom stereocenters. The highest BCUT2D eigenvalue weighted by Gasteiger charge is 2.35. The van der Waals surface area contributed by atoms with Crippen LogP contribution in [0.4, 0.5) is 14.6 Å². The quantitative estimate of drug-likeness (QED) is 0.551. The van der Waals surface area contributed by atoms with Crippen molar-refractivity contribution in [3.8, 4) is 11.8 Å². The molecule has 0 saturated carbocycles. The number of likely N-dealkylation sites (tertiary alicyclic amines) is 1. The lowest BCUT2D eigenvalue weighted by Gasteiger charge is -2.34. The van der Waals surface area contributed by atoms with E-state index >= 15 is 0 Å². The fourth-order valence-electron chi connectivity index (χ4n) is 3.90. The van der Waals surface area contributed by atoms with Crippen molar-refractivity contribution in [2.24, 2.45) is 0 Å². The number of benzene rings is 1. The molecule has 2 aromatic heterocycles. The number of carbonyl (C=O) groups is 2. The van der Waals surface area contributed by atoms with Crippen molar-refractivity contribution in [2.75, 3.05) is 18.4 Å². The van der Waals surface area contributed by atoms with Crippen LogP contribution in [-0.4, -0.2) is 50.7 Å². The molecule has 2 amide bonds. The van der Waals surface area contributed by atoms with E-state index in [-0.39, 0.29) is 34.5 Å². The van der Waals surface area contributed by atoms with Gasteiger partial charge in [-0.25, -0.2) is 13.8 Å². The molecular weight excluding hydrogens is 476 g/mol. The largest absolute Gasteiger partial charge is 0.340 e. The van der Waals surface area contributed by atoms with Gasteiger partial charge in [-0.05, 0) is 37.1 Å². The zero-order valence-corrected chi connectivity index (χ0v) is 19.8. The lowest BCUT2D eigenvalue weighted by molar-refractivity contribution is -0.131. The summed E-state index contributed by atoms with van der Waals surface area (Å²) in [6.45, 7) is 3.41. The van der Waals surface area contributed by atoms with Crippen LogP contribution in [0.15, 0.2) is 42.7 Å². The van der Waals surface area contributed by atoms with Gasteiger partial charge in [-0.3, -0.25) is 14.3 Å². The first-order chi connectivity index (χ1) is 16.7. The fourth-order valence-corrected chi connectivity index (χ4v) is 4.12. The van der Waals surface area contributed by atoms with Crippen LogP contribution in [0.1, 0.15) is 46.6 Å². The molecule has 0 radical (unpaired) electrons. The number of hydrogen-bond donors (Lipinski definition) is 1. The SMILES string of the molecule is CC(=O)N1CC[C@H](n2ncc(Cl)c2C(=O)Nc2ncc(C#Cc3ccccc3F)cc2C)C(F)C1. The second kappa shape index (κ2) is 10.2. The molecule has 1 N–H and O–H groups in total. The highest BCUT2D eigenvalue weighted by Crippen LogP contribution is 2.29. The standard InChI is InChI=1S/C25H22ClF2N5O2/c1-15-11-17(7-8-18-5-3-4-6-20(18)27)12-29-24(15)31-25(35)23-19(26)13-30-33(23)22-9-10-32(16(2)34)14-21(22)28/h3-6,11-13,21-22H,9-10,14H2,1-2H3,(H,29,31,35)/t21?,22-/m0/s1.